The summed E-state index contributed by atoms with van der Waals surface area (Å²) < 4.78 is 56.5. The van der Waals surface area contributed by atoms with Crippen molar-refractivity contribution in [3.05, 3.63) is 71.9 Å². The van der Waals surface area contributed by atoms with Crippen molar-refractivity contribution in [2.75, 3.05) is 18.2 Å². The van der Waals surface area contributed by atoms with Crippen LogP contribution in [0.15, 0.2) is 59.8 Å². The van der Waals surface area contributed by atoms with Crippen molar-refractivity contribution in [2.45, 2.75) is 11.9 Å². The second kappa shape index (κ2) is 9.65. The number of aromatic nitrogens is 2. The van der Waals surface area contributed by atoms with Gasteiger partial charge in [-0.05, 0) is 42.3 Å². The lowest BCUT2D eigenvalue weighted by atomic mass is 10.1. The number of halogens is 2. The van der Waals surface area contributed by atoms with Crippen molar-refractivity contribution in [3.63, 3.8) is 0 Å². The number of ether oxygens (including phenoxy) is 1. The summed E-state index contributed by atoms with van der Waals surface area (Å²) in [6.45, 7) is 1.95. The normalized spacial score (nSPS) is 11.5. The molecule has 166 valence electrons. The zero-order chi connectivity index (χ0) is 23.3. The van der Waals surface area contributed by atoms with E-state index in [1.165, 1.54) is 18.3 Å². The maximum atomic E-state index is 13.4. The first kappa shape index (κ1) is 23.0. The Morgan fingerprint density at radius 3 is 2.53 bits per heavy atom. The van der Waals surface area contributed by atoms with Crippen LogP contribution in [0.4, 0.5) is 20.4 Å². The molecule has 2 aromatic carbocycles. The number of carbonyl (C=O) groups is 1. The molecule has 7 nitrogen and oxygen atoms in total. The van der Waals surface area contributed by atoms with Crippen molar-refractivity contribution >= 4 is 33.5 Å². The third-order valence-corrected chi connectivity index (χ3v) is 5.13. The predicted molar refractivity (Wildman–Crippen MR) is 116 cm³/mol. The van der Waals surface area contributed by atoms with Gasteiger partial charge in [-0.15, -0.1) is 0 Å². The van der Waals surface area contributed by atoms with Gasteiger partial charge in [-0.3, -0.25) is 0 Å². The molecule has 0 bridgehead atoms. The molecule has 1 N–H and O–H groups in total. The van der Waals surface area contributed by atoms with Gasteiger partial charge in [0.1, 0.15) is 11.6 Å². The molecule has 0 aliphatic rings. The van der Waals surface area contributed by atoms with Gasteiger partial charge < -0.3 is 10.1 Å². The number of benzene rings is 2. The topological polar surface area (TPSA) is 98.2 Å². The maximum Gasteiger partial charge on any atom is 0.330 e. The van der Waals surface area contributed by atoms with E-state index in [0.717, 1.165) is 18.4 Å². The Morgan fingerprint density at radius 2 is 1.88 bits per heavy atom. The van der Waals surface area contributed by atoms with Gasteiger partial charge in [-0.25, -0.2) is 32.0 Å². The quantitative estimate of drug-likeness (QED) is 0.322. The van der Waals surface area contributed by atoms with Crippen molar-refractivity contribution in [1.82, 2.24) is 9.97 Å². The molecule has 0 radical (unpaired) electrons. The average molecular weight is 459 g/mol. The van der Waals surface area contributed by atoms with Gasteiger partial charge in [0.05, 0.1) is 6.61 Å². The number of nitrogens with zero attached hydrogens (tertiary/aromatic N) is 2. The Kier molecular flexibility index (Phi) is 6.94. The highest BCUT2D eigenvalue weighted by Gasteiger charge is 2.19. The van der Waals surface area contributed by atoms with Crippen LogP contribution in [0.2, 0.25) is 0 Å². The van der Waals surface area contributed by atoms with Crippen molar-refractivity contribution < 1.29 is 26.7 Å². The molecule has 0 unspecified atom stereocenters. The number of carbonyl (C=O) groups excluding carboxylic acids is 1. The number of rotatable bonds is 7. The Balaban J connectivity index is 1.98. The SMILES string of the molecule is CCOC(=O)/C=C/c1cccc(-c2cnc(Nc3cc(F)cc(F)c3)nc2S(C)(=O)=O)c1. The van der Waals surface area contributed by atoms with Gasteiger partial charge in [-0.1, -0.05) is 18.2 Å². The molecule has 0 amide bonds. The first-order chi connectivity index (χ1) is 15.2. The fourth-order valence-corrected chi connectivity index (χ4v) is 3.65. The van der Waals surface area contributed by atoms with Crippen LogP contribution in [0.5, 0.6) is 0 Å². The van der Waals surface area contributed by atoms with Crippen molar-refractivity contribution in [3.8, 4) is 11.1 Å². The average Bonchev–Trinajstić information content (AvgIpc) is 2.71. The molecule has 0 saturated heterocycles. The second-order valence-corrected chi connectivity index (χ2v) is 8.61. The molecule has 3 aromatic rings. The van der Waals surface area contributed by atoms with E-state index < -0.39 is 27.4 Å². The summed E-state index contributed by atoms with van der Waals surface area (Å²) in [5.41, 5.74) is 1.39. The Morgan fingerprint density at radius 1 is 1.16 bits per heavy atom. The van der Waals surface area contributed by atoms with Crippen LogP contribution < -0.4 is 5.32 Å². The molecule has 3 rings (SSSR count). The van der Waals surface area contributed by atoms with E-state index in [9.17, 15) is 22.0 Å². The molecule has 0 atom stereocenters. The number of anilines is 2. The van der Waals surface area contributed by atoms with Crippen LogP contribution in [-0.2, 0) is 19.4 Å². The molecular weight excluding hydrogens is 440 g/mol. The third-order valence-electron chi connectivity index (χ3n) is 4.12. The zero-order valence-electron chi connectivity index (χ0n) is 17.2. The van der Waals surface area contributed by atoms with Crippen LogP contribution in [0.3, 0.4) is 0 Å². The van der Waals surface area contributed by atoms with E-state index >= 15 is 0 Å². The molecular formula is C22H19F2N3O4S. The lowest BCUT2D eigenvalue weighted by molar-refractivity contribution is -0.137. The van der Waals surface area contributed by atoms with E-state index in [1.54, 1.807) is 31.2 Å². The standard InChI is InChI=1S/C22H19F2N3O4S/c1-3-31-20(28)8-7-14-5-4-6-15(9-14)19-13-25-22(27-21(19)32(2,29)30)26-18-11-16(23)10-17(24)12-18/h4-13H,3H2,1-2H3,(H,25,26,27)/b8-7+. The Bertz CT molecular complexity index is 1270. The largest absolute Gasteiger partial charge is 0.463 e. The van der Waals surface area contributed by atoms with E-state index in [4.69, 9.17) is 4.74 Å². The highest BCUT2D eigenvalue weighted by Crippen LogP contribution is 2.28. The summed E-state index contributed by atoms with van der Waals surface area (Å²) in [7, 11) is -3.79. The van der Waals surface area contributed by atoms with Crippen LogP contribution in [0.1, 0.15) is 12.5 Å². The zero-order valence-corrected chi connectivity index (χ0v) is 18.0. The molecule has 0 aliphatic heterocycles. The molecule has 0 aliphatic carbocycles. The lowest BCUT2D eigenvalue weighted by Crippen LogP contribution is -2.07. The summed E-state index contributed by atoms with van der Waals surface area (Å²) >= 11 is 0. The number of hydrogen-bond donors (Lipinski definition) is 1. The summed E-state index contributed by atoms with van der Waals surface area (Å²) in [4.78, 5) is 19.7. The van der Waals surface area contributed by atoms with Gasteiger partial charge in [-0.2, -0.15) is 0 Å². The van der Waals surface area contributed by atoms with E-state index in [1.807, 2.05) is 0 Å². The van der Waals surface area contributed by atoms with Crippen molar-refractivity contribution in [2.24, 2.45) is 0 Å². The van der Waals surface area contributed by atoms with Gasteiger partial charge in [0.25, 0.3) is 0 Å². The van der Waals surface area contributed by atoms with Crippen LogP contribution >= 0.6 is 0 Å². The minimum atomic E-state index is -3.79. The number of nitrogens with one attached hydrogen (secondary N) is 1. The highest BCUT2D eigenvalue weighted by atomic mass is 32.2. The highest BCUT2D eigenvalue weighted by molar-refractivity contribution is 7.90. The Labute approximate surface area is 183 Å². The summed E-state index contributed by atoms with van der Waals surface area (Å²) in [5, 5.41) is 2.34. The third kappa shape index (κ3) is 5.94. The van der Waals surface area contributed by atoms with Gasteiger partial charge in [0.15, 0.2) is 14.9 Å². The number of sulfone groups is 1. The summed E-state index contributed by atoms with van der Waals surface area (Å²) in [6.07, 6.45) is 5.10. The minimum Gasteiger partial charge on any atom is -0.463 e. The summed E-state index contributed by atoms with van der Waals surface area (Å²) in [5.74, 6) is -2.25. The first-order valence-electron chi connectivity index (χ1n) is 9.41. The van der Waals surface area contributed by atoms with Gasteiger partial charge in [0, 0.05) is 35.8 Å². The summed E-state index contributed by atoms with van der Waals surface area (Å²) in [6, 6.07) is 9.52. The minimum absolute atomic E-state index is 0.0285. The molecule has 10 heteroatoms. The Hall–Kier alpha value is -3.66. The van der Waals surface area contributed by atoms with E-state index in [0.29, 0.717) is 17.2 Å². The molecule has 0 saturated carbocycles. The fourth-order valence-electron chi connectivity index (χ4n) is 2.83. The smallest absolute Gasteiger partial charge is 0.330 e. The second-order valence-electron chi connectivity index (χ2n) is 6.68. The van der Waals surface area contributed by atoms with E-state index in [2.05, 4.69) is 15.3 Å². The van der Waals surface area contributed by atoms with Gasteiger partial charge >= 0.3 is 5.97 Å². The van der Waals surface area contributed by atoms with Crippen molar-refractivity contribution in [1.29, 1.82) is 0 Å². The number of esters is 1. The molecule has 1 heterocycles. The molecule has 0 fully saturated rings. The molecule has 0 spiro atoms. The monoisotopic (exact) mass is 459 g/mol. The number of hydrogen-bond acceptors (Lipinski definition) is 7. The maximum absolute atomic E-state index is 13.4. The predicted octanol–water partition coefficient (Wildman–Crippen LogP) is 4.15. The van der Waals surface area contributed by atoms with Crippen LogP contribution in [0, 0.1) is 11.6 Å². The molecule has 32 heavy (non-hydrogen) atoms. The van der Waals surface area contributed by atoms with Crippen LogP contribution in [0.25, 0.3) is 17.2 Å². The molecule has 1 aromatic heterocycles. The lowest BCUT2D eigenvalue weighted by Gasteiger charge is -2.11. The van der Waals surface area contributed by atoms with Crippen LogP contribution in [-0.4, -0.2) is 37.2 Å². The fraction of sp³-hybridized carbons (Fsp3) is 0.136. The van der Waals surface area contributed by atoms with Gasteiger partial charge in [0.2, 0.25) is 5.95 Å². The first-order valence-corrected chi connectivity index (χ1v) is 11.3. The van der Waals surface area contributed by atoms with E-state index in [-0.39, 0.29) is 28.8 Å².